The lowest BCUT2D eigenvalue weighted by atomic mass is 10.2. The number of rotatable bonds is 7. The van der Waals surface area contributed by atoms with Gasteiger partial charge in [0.2, 0.25) is 5.89 Å². The summed E-state index contributed by atoms with van der Waals surface area (Å²) in [6.45, 7) is 4.78. The molecule has 2 heterocycles. The second kappa shape index (κ2) is 6.67. The molecule has 7 nitrogen and oxygen atoms in total. The van der Waals surface area contributed by atoms with E-state index in [9.17, 15) is 0 Å². The van der Waals surface area contributed by atoms with Gasteiger partial charge >= 0.3 is 6.01 Å². The maximum atomic E-state index is 5.48. The van der Waals surface area contributed by atoms with Gasteiger partial charge in [-0.25, -0.2) is 0 Å². The topological polar surface area (TPSA) is 81.4 Å². The summed E-state index contributed by atoms with van der Waals surface area (Å²) in [5.41, 5.74) is 0. The Balaban J connectivity index is 1.75. The molecule has 0 saturated carbocycles. The summed E-state index contributed by atoms with van der Waals surface area (Å²) in [5, 5.41) is 14.3. The Morgan fingerprint density at radius 1 is 1.44 bits per heavy atom. The van der Waals surface area contributed by atoms with Crippen LogP contribution in [0.4, 0.5) is 6.01 Å². The fourth-order valence-electron chi connectivity index (χ4n) is 1.83. The second-order valence-electron chi connectivity index (χ2n) is 4.29. The van der Waals surface area contributed by atoms with Crippen molar-refractivity contribution in [2.45, 2.75) is 32.0 Å². The molecular weight excluding hydrogens is 236 g/mol. The molecule has 1 saturated heterocycles. The van der Waals surface area contributed by atoms with Gasteiger partial charge in [-0.15, -0.1) is 5.10 Å². The maximum absolute atomic E-state index is 5.48. The van der Waals surface area contributed by atoms with E-state index in [2.05, 4.69) is 20.8 Å². The molecule has 0 radical (unpaired) electrons. The quantitative estimate of drug-likeness (QED) is 0.683. The van der Waals surface area contributed by atoms with Gasteiger partial charge in [-0.2, -0.15) is 0 Å². The average molecular weight is 256 g/mol. The number of anilines is 1. The number of nitrogens with one attached hydrogen (secondary N) is 2. The zero-order valence-corrected chi connectivity index (χ0v) is 10.8. The minimum absolute atomic E-state index is 0.181. The van der Waals surface area contributed by atoms with E-state index in [0.29, 0.717) is 25.1 Å². The summed E-state index contributed by atoms with van der Waals surface area (Å²) in [7, 11) is 1.67. The first-order valence-electron chi connectivity index (χ1n) is 6.20. The normalized spacial score (nSPS) is 23.4. The Kier molecular flexibility index (Phi) is 4.91. The van der Waals surface area contributed by atoms with E-state index in [0.717, 1.165) is 19.6 Å². The van der Waals surface area contributed by atoms with Crippen molar-refractivity contribution < 1.29 is 13.9 Å². The second-order valence-corrected chi connectivity index (χ2v) is 4.29. The highest BCUT2D eigenvalue weighted by Crippen LogP contribution is 2.17. The molecule has 2 atom stereocenters. The first-order chi connectivity index (χ1) is 8.79. The Labute approximate surface area is 106 Å². The van der Waals surface area contributed by atoms with Crippen LogP contribution >= 0.6 is 0 Å². The Bertz CT molecular complexity index is 358. The summed E-state index contributed by atoms with van der Waals surface area (Å²) in [5.74, 6) is 0.570. The minimum atomic E-state index is 0.181. The first kappa shape index (κ1) is 13.3. The Hall–Kier alpha value is -1.18. The van der Waals surface area contributed by atoms with Crippen molar-refractivity contribution in [3.63, 3.8) is 0 Å². The van der Waals surface area contributed by atoms with Gasteiger partial charge in [-0.1, -0.05) is 5.10 Å². The van der Waals surface area contributed by atoms with Crippen molar-refractivity contribution in [1.82, 2.24) is 15.5 Å². The van der Waals surface area contributed by atoms with Crippen molar-refractivity contribution in [2.75, 3.05) is 32.2 Å². The molecule has 1 aromatic heterocycles. The molecule has 7 heteroatoms. The molecule has 1 aliphatic rings. The summed E-state index contributed by atoms with van der Waals surface area (Å²) >= 11 is 0. The molecule has 0 aromatic carbocycles. The van der Waals surface area contributed by atoms with Gasteiger partial charge in [-0.3, -0.25) is 0 Å². The maximum Gasteiger partial charge on any atom is 0.315 e. The van der Waals surface area contributed by atoms with E-state index in [4.69, 9.17) is 13.9 Å². The standard InChI is InChI=1S/C11H20N4O3/c1-8-9(3-5-17-8)13-11-15-14-10(18-11)7-12-4-6-16-2/h8-9,12H,3-7H2,1-2H3,(H,13,15). The van der Waals surface area contributed by atoms with Crippen molar-refractivity contribution in [3.8, 4) is 0 Å². The molecule has 18 heavy (non-hydrogen) atoms. The van der Waals surface area contributed by atoms with Gasteiger partial charge in [0.1, 0.15) is 0 Å². The number of hydrogen-bond acceptors (Lipinski definition) is 7. The average Bonchev–Trinajstić information content (AvgIpc) is 2.96. The SMILES string of the molecule is COCCNCc1nnc(NC2CCOC2C)o1. The monoisotopic (exact) mass is 256 g/mol. The molecule has 1 aromatic rings. The van der Waals surface area contributed by atoms with Crippen LogP contribution < -0.4 is 10.6 Å². The first-order valence-corrected chi connectivity index (χ1v) is 6.20. The summed E-state index contributed by atoms with van der Waals surface area (Å²) < 4.78 is 15.9. The van der Waals surface area contributed by atoms with Gasteiger partial charge in [0.05, 0.1) is 25.3 Å². The van der Waals surface area contributed by atoms with E-state index in [1.54, 1.807) is 7.11 Å². The van der Waals surface area contributed by atoms with Crippen molar-refractivity contribution in [2.24, 2.45) is 0 Å². The van der Waals surface area contributed by atoms with Crippen LogP contribution in [0.25, 0.3) is 0 Å². The van der Waals surface area contributed by atoms with Gasteiger partial charge < -0.3 is 24.5 Å². The largest absolute Gasteiger partial charge is 0.407 e. The Morgan fingerprint density at radius 3 is 3.06 bits per heavy atom. The summed E-state index contributed by atoms with van der Waals surface area (Å²) in [4.78, 5) is 0. The molecule has 2 unspecified atom stereocenters. The molecule has 1 fully saturated rings. The van der Waals surface area contributed by atoms with Crippen LogP contribution in [0.3, 0.4) is 0 Å². The van der Waals surface area contributed by atoms with Gasteiger partial charge in [0.25, 0.3) is 0 Å². The summed E-state index contributed by atoms with van der Waals surface area (Å²) in [6, 6.07) is 0.709. The lowest BCUT2D eigenvalue weighted by molar-refractivity contribution is 0.121. The molecule has 2 N–H and O–H groups in total. The van der Waals surface area contributed by atoms with E-state index in [1.165, 1.54) is 0 Å². The minimum Gasteiger partial charge on any atom is -0.407 e. The van der Waals surface area contributed by atoms with Crippen LogP contribution in [-0.2, 0) is 16.0 Å². The van der Waals surface area contributed by atoms with Crippen molar-refractivity contribution >= 4 is 6.01 Å². The summed E-state index contributed by atoms with van der Waals surface area (Å²) in [6.07, 6.45) is 1.14. The van der Waals surface area contributed by atoms with Crippen LogP contribution in [0.5, 0.6) is 0 Å². The fraction of sp³-hybridized carbons (Fsp3) is 0.818. The predicted octanol–water partition coefficient (Wildman–Crippen LogP) is 0.395. The van der Waals surface area contributed by atoms with Gasteiger partial charge in [0, 0.05) is 20.3 Å². The molecule has 1 aliphatic heterocycles. The number of nitrogens with zero attached hydrogens (tertiary/aromatic N) is 2. The predicted molar refractivity (Wildman–Crippen MR) is 65.3 cm³/mol. The number of aromatic nitrogens is 2. The van der Waals surface area contributed by atoms with E-state index in [1.807, 2.05) is 6.92 Å². The van der Waals surface area contributed by atoms with E-state index in [-0.39, 0.29) is 12.1 Å². The molecule has 0 spiro atoms. The van der Waals surface area contributed by atoms with Crippen LogP contribution in [0.2, 0.25) is 0 Å². The van der Waals surface area contributed by atoms with E-state index < -0.39 is 0 Å². The highest BCUT2D eigenvalue weighted by Gasteiger charge is 2.25. The van der Waals surface area contributed by atoms with Gasteiger partial charge in [0.15, 0.2) is 0 Å². The van der Waals surface area contributed by atoms with Crippen LogP contribution in [0.15, 0.2) is 4.42 Å². The van der Waals surface area contributed by atoms with E-state index >= 15 is 0 Å². The number of ether oxygens (including phenoxy) is 2. The van der Waals surface area contributed by atoms with Crippen LogP contribution in [0.1, 0.15) is 19.2 Å². The third-order valence-corrected chi connectivity index (χ3v) is 2.91. The third kappa shape index (κ3) is 3.66. The molecule has 0 bridgehead atoms. The highest BCUT2D eigenvalue weighted by molar-refractivity contribution is 5.20. The van der Waals surface area contributed by atoms with Crippen molar-refractivity contribution in [1.29, 1.82) is 0 Å². The fourth-order valence-corrected chi connectivity index (χ4v) is 1.83. The number of hydrogen-bond donors (Lipinski definition) is 2. The van der Waals surface area contributed by atoms with Crippen molar-refractivity contribution in [3.05, 3.63) is 5.89 Å². The third-order valence-electron chi connectivity index (χ3n) is 2.91. The molecular formula is C11H20N4O3. The highest BCUT2D eigenvalue weighted by atomic mass is 16.5. The Morgan fingerprint density at radius 2 is 2.33 bits per heavy atom. The molecule has 102 valence electrons. The zero-order valence-electron chi connectivity index (χ0n) is 10.8. The number of methoxy groups -OCH3 is 1. The van der Waals surface area contributed by atoms with Gasteiger partial charge in [-0.05, 0) is 13.3 Å². The van der Waals surface area contributed by atoms with Crippen LogP contribution in [0, 0.1) is 0 Å². The molecule has 0 amide bonds. The zero-order chi connectivity index (χ0) is 12.8. The van der Waals surface area contributed by atoms with Crippen LogP contribution in [-0.4, -0.2) is 49.2 Å². The molecule has 2 rings (SSSR count). The molecule has 0 aliphatic carbocycles. The smallest absolute Gasteiger partial charge is 0.315 e. The lowest BCUT2D eigenvalue weighted by Crippen LogP contribution is -2.26. The lowest BCUT2D eigenvalue weighted by Gasteiger charge is -2.13.